The van der Waals surface area contributed by atoms with Crippen LogP contribution < -0.4 is 14.2 Å². The summed E-state index contributed by atoms with van der Waals surface area (Å²) in [6.45, 7) is 0.172. The Hall–Kier alpha value is -2.13. The molecule has 0 atom stereocenters. The van der Waals surface area contributed by atoms with E-state index in [2.05, 4.69) is 0 Å². The lowest BCUT2D eigenvalue weighted by atomic mass is 10.3. The molecule has 86 valence electrons. The van der Waals surface area contributed by atoms with Crippen molar-refractivity contribution in [1.82, 2.24) is 0 Å². The van der Waals surface area contributed by atoms with Crippen molar-refractivity contribution in [3.63, 3.8) is 0 Å². The summed E-state index contributed by atoms with van der Waals surface area (Å²) in [5, 5.41) is 11.4. The molecule has 2 rings (SSSR count). The molecule has 1 aliphatic heterocycles. The van der Waals surface area contributed by atoms with Gasteiger partial charge in [-0.15, -0.1) is 0 Å². The Balaban J connectivity index is 2.00. The van der Waals surface area contributed by atoms with Crippen LogP contribution >= 0.6 is 11.8 Å². The van der Waals surface area contributed by atoms with Crippen LogP contribution in [0.1, 0.15) is 0 Å². The number of carbonyl (C=O) groups excluding carboxylic acids is 1. The Labute approximate surface area is 102 Å². The maximum Gasteiger partial charge on any atom is 0.336 e. The fourth-order valence-electron chi connectivity index (χ4n) is 1.21. The molecule has 0 radical (unpaired) electrons. The highest BCUT2D eigenvalue weighted by Crippen LogP contribution is 2.35. The Bertz CT molecular complexity index is 507. The number of fused-ring (bicyclic) bond motifs is 1. The van der Waals surface area contributed by atoms with Crippen LogP contribution in [0, 0.1) is 10.7 Å². The van der Waals surface area contributed by atoms with Crippen molar-refractivity contribution in [3.8, 4) is 22.6 Å². The molecule has 0 aliphatic carbocycles. The Morgan fingerprint density at radius 1 is 1.47 bits per heavy atom. The summed E-state index contributed by atoms with van der Waals surface area (Å²) in [6, 6.07) is 4.85. The molecule has 0 aromatic heterocycles. The van der Waals surface area contributed by atoms with Crippen molar-refractivity contribution in [3.05, 3.63) is 29.7 Å². The minimum absolute atomic E-state index is 0.172. The monoisotopic (exact) mass is 249 g/mol. The molecule has 17 heavy (non-hydrogen) atoms. The van der Waals surface area contributed by atoms with Crippen LogP contribution in [0.25, 0.3) is 0 Å². The zero-order valence-corrected chi connectivity index (χ0v) is 9.40. The zero-order valence-electron chi connectivity index (χ0n) is 8.58. The number of esters is 1. The molecule has 6 heteroatoms. The van der Waals surface area contributed by atoms with Gasteiger partial charge in [-0.05, 0) is 29.3 Å². The lowest BCUT2D eigenvalue weighted by Crippen LogP contribution is -2.03. The van der Waals surface area contributed by atoms with Gasteiger partial charge < -0.3 is 14.2 Å². The van der Waals surface area contributed by atoms with E-state index in [1.807, 2.05) is 0 Å². The van der Waals surface area contributed by atoms with Crippen molar-refractivity contribution in [1.29, 1.82) is 5.26 Å². The molecule has 1 heterocycles. The Kier molecular flexibility index (Phi) is 3.52. The molecule has 1 aromatic carbocycles. The average Bonchev–Trinajstić information content (AvgIpc) is 2.76. The van der Waals surface area contributed by atoms with Crippen molar-refractivity contribution in [2.45, 2.75) is 0 Å². The number of nitriles is 1. The topological polar surface area (TPSA) is 68.6 Å². The Morgan fingerprint density at radius 2 is 2.29 bits per heavy atom. The van der Waals surface area contributed by atoms with E-state index in [1.165, 1.54) is 11.5 Å². The van der Waals surface area contributed by atoms with E-state index < -0.39 is 5.97 Å². The summed E-state index contributed by atoms with van der Waals surface area (Å²) in [5.74, 6) is 0.989. The third-order valence-corrected chi connectivity index (χ3v) is 2.26. The van der Waals surface area contributed by atoms with Gasteiger partial charge >= 0.3 is 5.97 Å². The van der Waals surface area contributed by atoms with E-state index >= 15 is 0 Å². The first-order chi connectivity index (χ1) is 8.29. The summed E-state index contributed by atoms with van der Waals surface area (Å²) in [6.07, 6.45) is 1.18. The first kappa shape index (κ1) is 11.4. The fraction of sp³-hybridized carbons (Fsp3) is 0.0909. The van der Waals surface area contributed by atoms with Crippen LogP contribution in [0.2, 0.25) is 0 Å². The number of thioether (sulfide) groups is 1. The second-order valence-electron chi connectivity index (χ2n) is 2.95. The number of carbonyl (C=O) groups is 1. The molecule has 0 fully saturated rings. The normalized spacial score (nSPS) is 12.4. The minimum atomic E-state index is -0.549. The van der Waals surface area contributed by atoms with Crippen LogP contribution in [0.5, 0.6) is 17.2 Å². The second kappa shape index (κ2) is 5.27. The molecule has 0 unspecified atom stereocenters. The van der Waals surface area contributed by atoms with Crippen molar-refractivity contribution in [2.75, 3.05) is 6.79 Å². The average molecular weight is 249 g/mol. The summed E-state index contributed by atoms with van der Waals surface area (Å²) in [4.78, 5) is 11.3. The van der Waals surface area contributed by atoms with Gasteiger partial charge in [0.05, 0.1) is 0 Å². The molecular formula is C11H7NO4S. The number of hydrogen-bond donors (Lipinski definition) is 0. The van der Waals surface area contributed by atoms with Gasteiger partial charge in [-0.2, -0.15) is 5.26 Å². The van der Waals surface area contributed by atoms with Gasteiger partial charge in [-0.25, -0.2) is 4.79 Å². The van der Waals surface area contributed by atoms with E-state index in [0.717, 1.165) is 11.8 Å². The highest BCUT2D eigenvalue weighted by atomic mass is 32.2. The molecule has 1 aliphatic rings. The van der Waals surface area contributed by atoms with Crippen molar-refractivity contribution >= 4 is 17.7 Å². The quantitative estimate of drug-likeness (QED) is 0.353. The summed E-state index contributed by atoms with van der Waals surface area (Å²) in [5.41, 5.74) is 0. The van der Waals surface area contributed by atoms with Gasteiger partial charge in [0.2, 0.25) is 6.79 Å². The van der Waals surface area contributed by atoms with E-state index in [0.29, 0.717) is 17.2 Å². The number of thiocyanates is 1. The van der Waals surface area contributed by atoms with E-state index in [4.69, 9.17) is 19.5 Å². The molecule has 1 aromatic rings. The maximum atomic E-state index is 11.3. The van der Waals surface area contributed by atoms with Crippen LogP contribution in [0.4, 0.5) is 0 Å². The summed E-state index contributed by atoms with van der Waals surface area (Å²) < 4.78 is 15.3. The molecule has 0 bridgehead atoms. The zero-order chi connectivity index (χ0) is 12.1. The van der Waals surface area contributed by atoms with Gasteiger partial charge in [-0.3, -0.25) is 0 Å². The van der Waals surface area contributed by atoms with Crippen molar-refractivity contribution in [2.24, 2.45) is 0 Å². The third-order valence-electron chi connectivity index (χ3n) is 1.89. The number of nitrogens with zero attached hydrogens (tertiary/aromatic N) is 1. The molecular weight excluding hydrogens is 242 g/mol. The fourth-order valence-corrected chi connectivity index (χ4v) is 1.45. The predicted molar refractivity (Wildman–Crippen MR) is 60.5 cm³/mol. The second-order valence-corrected chi connectivity index (χ2v) is 3.64. The SMILES string of the molecule is N#CS/C=C\C(=O)Oc1ccc2c(c1)OCO2. The van der Waals surface area contributed by atoms with Crippen LogP contribution in [0.3, 0.4) is 0 Å². The van der Waals surface area contributed by atoms with Crippen LogP contribution in [-0.4, -0.2) is 12.8 Å². The maximum absolute atomic E-state index is 11.3. The van der Waals surface area contributed by atoms with Gasteiger partial charge in [0.25, 0.3) is 0 Å². The highest BCUT2D eigenvalue weighted by Gasteiger charge is 2.14. The van der Waals surface area contributed by atoms with Gasteiger partial charge in [0, 0.05) is 12.1 Å². The number of hydrogen-bond acceptors (Lipinski definition) is 6. The number of ether oxygens (including phenoxy) is 3. The molecule has 0 spiro atoms. The lowest BCUT2D eigenvalue weighted by molar-refractivity contribution is -0.128. The minimum Gasteiger partial charge on any atom is -0.454 e. The van der Waals surface area contributed by atoms with Crippen LogP contribution in [-0.2, 0) is 4.79 Å². The van der Waals surface area contributed by atoms with Gasteiger partial charge in [0.1, 0.15) is 11.2 Å². The van der Waals surface area contributed by atoms with Gasteiger partial charge in [0.15, 0.2) is 11.5 Å². The molecule has 5 nitrogen and oxygen atoms in total. The number of rotatable bonds is 3. The molecule has 0 saturated heterocycles. The van der Waals surface area contributed by atoms with E-state index in [1.54, 1.807) is 23.6 Å². The lowest BCUT2D eigenvalue weighted by Gasteiger charge is -2.02. The smallest absolute Gasteiger partial charge is 0.336 e. The van der Waals surface area contributed by atoms with Crippen LogP contribution in [0.15, 0.2) is 29.7 Å². The largest absolute Gasteiger partial charge is 0.454 e. The van der Waals surface area contributed by atoms with E-state index in [-0.39, 0.29) is 6.79 Å². The molecule has 0 N–H and O–H groups in total. The highest BCUT2D eigenvalue weighted by molar-refractivity contribution is 8.06. The predicted octanol–water partition coefficient (Wildman–Crippen LogP) is 2.05. The van der Waals surface area contributed by atoms with Gasteiger partial charge in [-0.1, -0.05) is 0 Å². The van der Waals surface area contributed by atoms with E-state index in [9.17, 15) is 4.79 Å². The molecule has 0 amide bonds. The first-order valence-electron chi connectivity index (χ1n) is 4.62. The standard InChI is InChI=1S/C11H7NO4S/c12-6-17-4-3-11(13)16-8-1-2-9-10(5-8)15-7-14-9/h1-5H,7H2/b4-3-. The number of benzene rings is 1. The first-order valence-corrected chi connectivity index (χ1v) is 5.50. The Morgan fingerprint density at radius 3 is 3.12 bits per heavy atom. The summed E-state index contributed by atoms with van der Waals surface area (Å²) in [7, 11) is 0. The van der Waals surface area contributed by atoms with Crippen molar-refractivity contribution < 1.29 is 19.0 Å². The third kappa shape index (κ3) is 2.92. The molecule has 0 saturated carbocycles. The summed E-state index contributed by atoms with van der Waals surface area (Å²) >= 11 is 0.847.